The number of hydrogen-bond donors (Lipinski definition) is 2. The van der Waals surface area contributed by atoms with Gasteiger partial charge in [0.15, 0.2) is 0 Å². The topological polar surface area (TPSA) is 54.2 Å². The molecular formula is C16H24N4. The van der Waals surface area contributed by atoms with Gasteiger partial charge < -0.3 is 5.43 Å². The Bertz CT molecular complexity index is 553. The minimum absolute atomic E-state index is 0.777. The second-order valence-electron chi connectivity index (χ2n) is 5.06. The maximum Gasteiger partial charge on any atom is 0.145 e. The van der Waals surface area contributed by atoms with Crippen LogP contribution in [0.15, 0.2) is 30.3 Å². The average Bonchev–Trinajstić information content (AvgIpc) is 2.50. The van der Waals surface area contributed by atoms with E-state index in [1.54, 1.807) is 0 Å². The van der Waals surface area contributed by atoms with Crippen LogP contribution >= 0.6 is 0 Å². The maximum absolute atomic E-state index is 5.63. The normalized spacial score (nSPS) is 11.2. The van der Waals surface area contributed by atoms with Crippen molar-refractivity contribution >= 4 is 16.7 Å². The number of anilines is 1. The van der Waals surface area contributed by atoms with Crippen LogP contribution in [0.5, 0.6) is 0 Å². The summed E-state index contributed by atoms with van der Waals surface area (Å²) in [6, 6.07) is 10.3. The first-order chi connectivity index (χ1) is 9.78. The number of fused-ring (bicyclic) bond motifs is 1. The molecule has 20 heavy (non-hydrogen) atoms. The Morgan fingerprint density at radius 3 is 2.75 bits per heavy atom. The molecule has 1 aromatic carbocycles. The van der Waals surface area contributed by atoms with Crippen LogP contribution in [0.4, 0.5) is 5.82 Å². The molecule has 0 aliphatic rings. The molecule has 0 spiro atoms. The lowest BCUT2D eigenvalue weighted by Gasteiger charge is -2.21. The first-order valence-electron chi connectivity index (χ1n) is 7.36. The summed E-state index contributed by atoms with van der Waals surface area (Å²) < 4.78 is 0. The summed E-state index contributed by atoms with van der Waals surface area (Å²) in [7, 11) is 0. The van der Waals surface area contributed by atoms with E-state index < -0.39 is 0 Å². The Morgan fingerprint density at radius 1 is 1.25 bits per heavy atom. The van der Waals surface area contributed by atoms with Gasteiger partial charge in [-0.25, -0.2) is 10.8 Å². The van der Waals surface area contributed by atoms with Gasteiger partial charge in [-0.1, -0.05) is 38.5 Å². The average molecular weight is 272 g/mol. The molecule has 0 aliphatic heterocycles. The predicted octanol–water partition coefficient (Wildman–Crippen LogP) is 3.14. The molecule has 1 heterocycles. The number of hydrazine groups is 1. The second kappa shape index (κ2) is 7.22. The van der Waals surface area contributed by atoms with E-state index in [4.69, 9.17) is 5.84 Å². The number of nitrogens with one attached hydrogen (secondary N) is 1. The standard InChI is InChI=1S/C16H24N4/c1-3-5-10-20(4-2)12-14-11-13-8-6-7-9-15(13)18-16(14)19-17/h6-9,11H,3-5,10,12,17H2,1-2H3,(H,18,19). The molecule has 0 radical (unpaired) electrons. The molecule has 2 aromatic rings. The van der Waals surface area contributed by atoms with E-state index in [0.29, 0.717) is 0 Å². The summed E-state index contributed by atoms with van der Waals surface area (Å²) in [5.74, 6) is 6.40. The molecule has 3 N–H and O–H groups in total. The molecule has 1 aromatic heterocycles. The van der Waals surface area contributed by atoms with Crippen molar-refractivity contribution in [3.63, 3.8) is 0 Å². The van der Waals surface area contributed by atoms with Crippen LogP contribution in [-0.2, 0) is 6.54 Å². The molecule has 0 unspecified atom stereocenters. The van der Waals surface area contributed by atoms with E-state index in [2.05, 4.69) is 41.3 Å². The third-order valence-corrected chi connectivity index (χ3v) is 3.61. The Morgan fingerprint density at radius 2 is 2.05 bits per heavy atom. The predicted molar refractivity (Wildman–Crippen MR) is 85.4 cm³/mol. The highest BCUT2D eigenvalue weighted by atomic mass is 15.3. The van der Waals surface area contributed by atoms with Gasteiger partial charge in [-0.2, -0.15) is 0 Å². The lowest BCUT2D eigenvalue weighted by atomic mass is 10.1. The van der Waals surface area contributed by atoms with Crippen molar-refractivity contribution in [2.24, 2.45) is 5.84 Å². The highest BCUT2D eigenvalue weighted by molar-refractivity contribution is 5.81. The van der Waals surface area contributed by atoms with Crippen molar-refractivity contribution in [1.29, 1.82) is 0 Å². The zero-order valence-electron chi connectivity index (χ0n) is 12.4. The van der Waals surface area contributed by atoms with E-state index in [1.165, 1.54) is 12.8 Å². The molecule has 2 rings (SSSR count). The molecular weight excluding hydrogens is 248 g/mol. The van der Waals surface area contributed by atoms with Gasteiger partial charge in [-0.05, 0) is 31.6 Å². The van der Waals surface area contributed by atoms with Crippen LogP contribution in [-0.4, -0.2) is 23.0 Å². The number of aromatic nitrogens is 1. The Hall–Kier alpha value is -1.65. The van der Waals surface area contributed by atoms with Gasteiger partial charge in [0.2, 0.25) is 0 Å². The van der Waals surface area contributed by atoms with Gasteiger partial charge >= 0.3 is 0 Å². The summed E-state index contributed by atoms with van der Waals surface area (Å²) in [5, 5.41) is 1.16. The third kappa shape index (κ3) is 3.46. The molecule has 0 saturated carbocycles. The van der Waals surface area contributed by atoms with Gasteiger partial charge in [0.05, 0.1) is 5.52 Å². The highest BCUT2D eigenvalue weighted by Gasteiger charge is 2.10. The van der Waals surface area contributed by atoms with E-state index in [1.807, 2.05) is 18.2 Å². The summed E-state index contributed by atoms with van der Waals surface area (Å²) >= 11 is 0. The van der Waals surface area contributed by atoms with Crippen LogP contribution in [0.3, 0.4) is 0 Å². The van der Waals surface area contributed by atoms with E-state index in [9.17, 15) is 0 Å². The smallest absolute Gasteiger partial charge is 0.145 e. The Balaban J connectivity index is 2.27. The quantitative estimate of drug-likeness (QED) is 0.600. The molecule has 0 saturated heterocycles. The van der Waals surface area contributed by atoms with Crippen LogP contribution in [0, 0.1) is 0 Å². The number of rotatable bonds is 7. The third-order valence-electron chi connectivity index (χ3n) is 3.61. The number of hydrogen-bond acceptors (Lipinski definition) is 4. The molecule has 0 bridgehead atoms. The van der Waals surface area contributed by atoms with E-state index >= 15 is 0 Å². The number of nitrogen functional groups attached to an aromatic ring is 1. The van der Waals surface area contributed by atoms with Crippen molar-refractivity contribution < 1.29 is 0 Å². The fourth-order valence-corrected chi connectivity index (χ4v) is 2.38. The monoisotopic (exact) mass is 272 g/mol. The number of unbranched alkanes of at least 4 members (excludes halogenated alkanes) is 1. The van der Waals surface area contributed by atoms with E-state index in [-0.39, 0.29) is 0 Å². The van der Waals surface area contributed by atoms with Gasteiger partial charge in [-0.3, -0.25) is 4.90 Å². The first-order valence-corrected chi connectivity index (χ1v) is 7.36. The van der Waals surface area contributed by atoms with Crippen LogP contribution in [0.25, 0.3) is 10.9 Å². The van der Waals surface area contributed by atoms with Gasteiger partial charge in [0, 0.05) is 17.5 Å². The Kier molecular flexibility index (Phi) is 5.32. The maximum atomic E-state index is 5.63. The largest absolute Gasteiger partial charge is 0.308 e. The van der Waals surface area contributed by atoms with Crippen molar-refractivity contribution in [3.8, 4) is 0 Å². The zero-order valence-corrected chi connectivity index (χ0v) is 12.4. The van der Waals surface area contributed by atoms with Crippen molar-refractivity contribution in [2.45, 2.75) is 33.2 Å². The molecule has 4 nitrogen and oxygen atoms in total. The lowest BCUT2D eigenvalue weighted by Crippen LogP contribution is -2.25. The fourth-order valence-electron chi connectivity index (χ4n) is 2.38. The number of pyridine rings is 1. The van der Waals surface area contributed by atoms with Crippen LogP contribution < -0.4 is 11.3 Å². The van der Waals surface area contributed by atoms with Crippen molar-refractivity contribution in [3.05, 3.63) is 35.9 Å². The van der Waals surface area contributed by atoms with Gasteiger partial charge in [0.1, 0.15) is 5.82 Å². The molecule has 108 valence electrons. The number of nitrogens with two attached hydrogens (primary N) is 1. The zero-order chi connectivity index (χ0) is 14.4. The molecule has 0 amide bonds. The number of benzene rings is 1. The summed E-state index contributed by atoms with van der Waals surface area (Å²) in [4.78, 5) is 7.03. The first kappa shape index (κ1) is 14.8. The number of para-hydroxylation sites is 1. The number of nitrogens with zero attached hydrogens (tertiary/aromatic N) is 2. The lowest BCUT2D eigenvalue weighted by molar-refractivity contribution is 0.275. The van der Waals surface area contributed by atoms with Crippen molar-refractivity contribution in [1.82, 2.24) is 9.88 Å². The van der Waals surface area contributed by atoms with Crippen LogP contribution in [0.1, 0.15) is 32.3 Å². The van der Waals surface area contributed by atoms with Crippen LogP contribution in [0.2, 0.25) is 0 Å². The fraction of sp³-hybridized carbons (Fsp3) is 0.438. The van der Waals surface area contributed by atoms with Gasteiger partial charge in [-0.15, -0.1) is 0 Å². The molecule has 4 heteroatoms. The Labute approximate surface area is 121 Å². The second-order valence-corrected chi connectivity index (χ2v) is 5.06. The molecule has 0 atom stereocenters. The molecule has 0 aliphatic carbocycles. The summed E-state index contributed by atoms with van der Waals surface area (Å²) in [5.41, 5.74) is 4.87. The minimum atomic E-state index is 0.777. The van der Waals surface area contributed by atoms with Gasteiger partial charge in [0.25, 0.3) is 0 Å². The molecule has 0 fully saturated rings. The minimum Gasteiger partial charge on any atom is -0.308 e. The summed E-state index contributed by atoms with van der Waals surface area (Å²) in [6.07, 6.45) is 2.44. The summed E-state index contributed by atoms with van der Waals surface area (Å²) in [6.45, 7) is 7.45. The van der Waals surface area contributed by atoms with Crippen molar-refractivity contribution in [2.75, 3.05) is 18.5 Å². The highest BCUT2D eigenvalue weighted by Crippen LogP contribution is 2.21. The SMILES string of the molecule is CCCCN(CC)Cc1cc2ccccc2nc1NN. The van der Waals surface area contributed by atoms with E-state index in [0.717, 1.165) is 41.9 Å².